The van der Waals surface area contributed by atoms with Crippen LogP contribution in [0.3, 0.4) is 0 Å². The molecule has 2 fully saturated rings. The van der Waals surface area contributed by atoms with Crippen molar-refractivity contribution in [2.45, 2.75) is 51.4 Å². The molecule has 2 unspecified atom stereocenters. The molecule has 2 atom stereocenters. The summed E-state index contributed by atoms with van der Waals surface area (Å²) in [6.45, 7) is 5.96. The van der Waals surface area contributed by atoms with Crippen molar-refractivity contribution in [2.75, 3.05) is 13.2 Å². The molecule has 0 aromatic rings. The second-order valence-electron chi connectivity index (χ2n) is 5.24. The average molecular weight is 254 g/mol. The lowest BCUT2D eigenvalue weighted by Crippen LogP contribution is -2.26. The summed E-state index contributed by atoms with van der Waals surface area (Å²) in [4.78, 5) is 11.3. The first-order valence-electron chi connectivity index (χ1n) is 6.76. The van der Waals surface area contributed by atoms with Crippen LogP contribution >= 0.6 is 0 Å². The first-order valence-corrected chi connectivity index (χ1v) is 6.76. The summed E-state index contributed by atoms with van der Waals surface area (Å²) in [5.74, 6) is 0.153. The van der Waals surface area contributed by atoms with E-state index in [1.165, 1.54) is 32.1 Å². The van der Waals surface area contributed by atoms with Crippen molar-refractivity contribution in [1.29, 1.82) is 0 Å². The summed E-state index contributed by atoms with van der Waals surface area (Å²) >= 11 is 0. The van der Waals surface area contributed by atoms with Gasteiger partial charge in [-0.3, -0.25) is 0 Å². The van der Waals surface area contributed by atoms with E-state index in [2.05, 4.69) is 6.58 Å². The van der Waals surface area contributed by atoms with Gasteiger partial charge in [0.15, 0.2) is 6.29 Å². The van der Waals surface area contributed by atoms with Crippen LogP contribution in [0.1, 0.15) is 39.0 Å². The van der Waals surface area contributed by atoms with E-state index in [1.807, 2.05) is 0 Å². The highest BCUT2D eigenvalue weighted by Gasteiger charge is 2.33. The molecular weight excluding hydrogens is 232 g/mol. The van der Waals surface area contributed by atoms with Crippen LogP contribution in [0, 0.1) is 5.92 Å². The molecule has 0 aromatic carbocycles. The van der Waals surface area contributed by atoms with Gasteiger partial charge < -0.3 is 14.2 Å². The normalized spacial score (nSPS) is 29.2. The SMILES string of the molecule is C=C(C)C(=O)OCC1COC(C2CCCCC2)O1. The van der Waals surface area contributed by atoms with E-state index in [9.17, 15) is 4.79 Å². The van der Waals surface area contributed by atoms with Gasteiger partial charge in [0.2, 0.25) is 0 Å². The maximum atomic E-state index is 11.3. The lowest BCUT2D eigenvalue weighted by molar-refractivity contribution is -0.145. The van der Waals surface area contributed by atoms with Crippen LogP contribution in [-0.4, -0.2) is 31.6 Å². The molecule has 0 spiro atoms. The van der Waals surface area contributed by atoms with Gasteiger partial charge in [-0.15, -0.1) is 0 Å². The first-order chi connectivity index (χ1) is 8.66. The summed E-state index contributed by atoms with van der Waals surface area (Å²) in [6.07, 6.45) is 6.00. The Balaban J connectivity index is 1.71. The summed E-state index contributed by atoms with van der Waals surface area (Å²) in [6, 6.07) is 0. The Morgan fingerprint density at radius 1 is 1.33 bits per heavy atom. The smallest absolute Gasteiger partial charge is 0.333 e. The topological polar surface area (TPSA) is 44.8 Å². The lowest BCUT2D eigenvalue weighted by Gasteiger charge is -2.26. The zero-order valence-electron chi connectivity index (χ0n) is 11.0. The maximum Gasteiger partial charge on any atom is 0.333 e. The zero-order valence-corrected chi connectivity index (χ0v) is 11.0. The van der Waals surface area contributed by atoms with Crippen LogP contribution in [0.5, 0.6) is 0 Å². The van der Waals surface area contributed by atoms with E-state index in [0.29, 0.717) is 18.1 Å². The van der Waals surface area contributed by atoms with Gasteiger partial charge in [-0.1, -0.05) is 25.8 Å². The van der Waals surface area contributed by atoms with Crippen LogP contribution in [0.4, 0.5) is 0 Å². The minimum Gasteiger partial charge on any atom is -0.459 e. The second-order valence-corrected chi connectivity index (χ2v) is 5.24. The molecule has 1 aliphatic carbocycles. The average Bonchev–Trinajstić information content (AvgIpc) is 2.85. The van der Waals surface area contributed by atoms with Crippen LogP contribution < -0.4 is 0 Å². The van der Waals surface area contributed by atoms with E-state index >= 15 is 0 Å². The van der Waals surface area contributed by atoms with Crippen molar-refractivity contribution in [3.8, 4) is 0 Å². The predicted molar refractivity (Wildman–Crippen MR) is 67.0 cm³/mol. The molecule has 1 aliphatic heterocycles. The molecule has 4 nitrogen and oxygen atoms in total. The molecule has 0 aromatic heterocycles. The maximum absolute atomic E-state index is 11.3. The molecule has 4 heteroatoms. The van der Waals surface area contributed by atoms with Crippen molar-refractivity contribution in [2.24, 2.45) is 5.92 Å². The van der Waals surface area contributed by atoms with Crippen LogP contribution in [0.15, 0.2) is 12.2 Å². The quantitative estimate of drug-likeness (QED) is 0.571. The molecule has 18 heavy (non-hydrogen) atoms. The Labute approximate surface area is 108 Å². The summed E-state index contributed by atoms with van der Waals surface area (Å²) in [7, 11) is 0. The van der Waals surface area contributed by atoms with Gasteiger partial charge >= 0.3 is 5.97 Å². The Morgan fingerprint density at radius 3 is 2.72 bits per heavy atom. The highest BCUT2D eigenvalue weighted by atomic mass is 16.7. The van der Waals surface area contributed by atoms with Crippen molar-refractivity contribution in [3.05, 3.63) is 12.2 Å². The standard InChI is InChI=1S/C14H22O4/c1-10(2)13(15)16-8-12-9-17-14(18-12)11-6-4-3-5-7-11/h11-12,14H,1,3-9H2,2H3. The highest BCUT2D eigenvalue weighted by Crippen LogP contribution is 2.31. The first kappa shape index (κ1) is 13.6. The zero-order chi connectivity index (χ0) is 13.0. The number of hydrogen-bond donors (Lipinski definition) is 0. The molecule has 0 N–H and O–H groups in total. The fourth-order valence-electron chi connectivity index (χ4n) is 2.50. The fraction of sp³-hybridized carbons (Fsp3) is 0.786. The van der Waals surface area contributed by atoms with Crippen molar-refractivity contribution >= 4 is 5.97 Å². The number of ether oxygens (including phenoxy) is 3. The molecule has 2 rings (SSSR count). The highest BCUT2D eigenvalue weighted by molar-refractivity contribution is 5.86. The fourth-order valence-corrected chi connectivity index (χ4v) is 2.50. The third-order valence-electron chi connectivity index (χ3n) is 3.56. The van der Waals surface area contributed by atoms with E-state index < -0.39 is 0 Å². The Bertz CT molecular complexity index is 307. The molecule has 2 aliphatic rings. The van der Waals surface area contributed by atoms with Crippen molar-refractivity contribution < 1.29 is 19.0 Å². The number of carbonyl (C=O) groups is 1. The largest absolute Gasteiger partial charge is 0.459 e. The van der Waals surface area contributed by atoms with Gasteiger partial charge in [0.25, 0.3) is 0 Å². The molecule has 0 bridgehead atoms. The summed E-state index contributed by atoms with van der Waals surface area (Å²) in [5, 5.41) is 0. The third kappa shape index (κ3) is 3.56. The van der Waals surface area contributed by atoms with E-state index in [4.69, 9.17) is 14.2 Å². The Morgan fingerprint density at radius 2 is 2.06 bits per heavy atom. The van der Waals surface area contributed by atoms with E-state index in [0.717, 1.165) is 0 Å². The van der Waals surface area contributed by atoms with Gasteiger partial charge in [0, 0.05) is 11.5 Å². The van der Waals surface area contributed by atoms with E-state index in [-0.39, 0.29) is 25.0 Å². The van der Waals surface area contributed by atoms with Gasteiger partial charge in [0.05, 0.1) is 6.61 Å². The molecule has 1 heterocycles. The monoisotopic (exact) mass is 254 g/mol. The van der Waals surface area contributed by atoms with Gasteiger partial charge in [-0.05, 0) is 19.8 Å². The number of hydrogen-bond acceptors (Lipinski definition) is 4. The van der Waals surface area contributed by atoms with Crippen molar-refractivity contribution in [3.63, 3.8) is 0 Å². The van der Waals surface area contributed by atoms with Crippen LogP contribution in [0.25, 0.3) is 0 Å². The Kier molecular flexibility index (Phi) is 4.78. The van der Waals surface area contributed by atoms with Gasteiger partial charge in [-0.25, -0.2) is 4.79 Å². The molecule has 0 amide bonds. The summed E-state index contributed by atoms with van der Waals surface area (Å²) < 4.78 is 16.5. The van der Waals surface area contributed by atoms with Crippen LogP contribution in [-0.2, 0) is 19.0 Å². The van der Waals surface area contributed by atoms with Crippen molar-refractivity contribution in [1.82, 2.24) is 0 Å². The predicted octanol–water partition coefficient (Wildman–Crippen LogP) is 2.43. The minimum absolute atomic E-state index is 0.0983. The van der Waals surface area contributed by atoms with E-state index in [1.54, 1.807) is 6.92 Å². The van der Waals surface area contributed by atoms with Gasteiger partial charge in [-0.2, -0.15) is 0 Å². The van der Waals surface area contributed by atoms with Crippen LogP contribution in [0.2, 0.25) is 0 Å². The summed E-state index contributed by atoms with van der Waals surface area (Å²) in [5.41, 5.74) is 0.415. The number of rotatable bonds is 4. The molecule has 1 saturated carbocycles. The molecule has 0 radical (unpaired) electrons. The molecular formula is C14H22O4. The van der Waals surface area contributed by atoms with Gasteiger partial charge in [0.1, 0.15) is 12.7 Å². The second kappa shape index (κ2) is 6.34. The lowest BCUT2D eigenvalue weighted by atomic mass is 9.89. The minimum atomic E-state index is -0.361. The Hall–Kier alpha value is -0.870. The number of carbonyl (C=O) groups excluding carboxylic acids is 1. The molecule has 1 saturated heterocycles. The number of esters is 1. The third-order valence-corrected chi connectivity index (χ3v) is 3.56. The molecule has 102 valence electrons.